The average molecular weight is 343 g/mol. The lowest BCUT2D eigenvalue weighted by Gasteiger charge is -2.29. The fourth-order valence-electron chi connectivity index (χ4n) is 3.71. The molecule has 0 saturated heterocycles. The number of rotatable bonds is 4. The van der Waals surface area contributed by atoms with Crippen molar-refractivity contribution in [2.24, 2.45) is 5.41 Å². The van der Waals surface area contributed by atoms with Crippen LogP contribution in [0.15, 0.2) is 18.2 Å². The maximum absolute atomic E-state index is 12.1. The summed E-state index contributed by atoms with van der Waals surface area (Å²) in [4.78, 5) is 14.3. The van der Waals surface area contributed by atoms with Crippen LogP contribution in [0.2, 0.25) is 0 Å². The van der Waals surface area contributed by atoms with Gasteiger partial charge in [-0.05, 0) is 60.9 Å². The predicted molar refractivity (Wildman–Crippen MR) is 100 cm³/mol. The normalized spacial score (nSPS) is 16.0. The maximum atomic E-state index is 12.1. The lowest BCUT2D eigenvalue weighted by Crippen LogP contribution is -2.22. The van der Waals surface area contributed by atoms with Gasteiger partial charge < -0.3 is 10.4 Å². The Kier molecular flexibility index (Phi) is 4.54. The number of aryl methyl sites for hydroxylation is 2. The molecule has 1 aliphatic carbocycles. The van der Waals surface area contributed by atoms with Crippen molar-refractivity contribution in [3.8, 4) is 10.4 Å². The molecule has 1 aromatic carbocycles. The highest BCUT2D eigenvalue weighted by atomic mass is 32.1. The summed E-state index contributed by atoms with van der Waals surface area (Å²) in [5.41, 5.74) is 5.18. The molecule has 0 radical (unpaired) electrons. The van der Waals surface area contributed by atoms with Gasteiger partial charge in [-0.25, -0.2) is 4.79 Å². The predicted octanol–water partition coefficient (Wildman–Crippen LogP) is 4.66. The van der Waals surface area contributed by atoms with E-state index >= 15 is 0 Å². The van der Waals surface area contributed by atoms with Crippen LogP contribution in [0.4, 0.5) is 0 Å². The highest BCUT2D eigenvalue weighted by molar-refractivity contribution is 7.16. The summed E-state index contributed by atoms with van der Waals surface area (Å²) in [6.07, 6.45) is 2.96. The first-order valence-corrected chi connectivity index (χ1v) is 9.27. The van der Waals surface area contributed by atoms with Crippen LogP contribution in [0.5, 0.6) is 0 Å². The number of thiophene rings is 1. The van der Waals surface area contributed by atoms with E-state index in [0.29, 0.717) is 5.56 Å². The number of aromatic carboxylic acids is 1. The summed E-state index contributed by atoms with van der Waals surface area (Å²) in [7, 11) is 1.92. The van der Waals surface area contributed by atoms with E-state index in [9.17, 15) is 9.90 Å². The van der Waals surface area contributed by atoms with Crippen molar-refractivity contribution < 1.29 is 9.90 Å². The topological polar surface area (TPSA) is 49.3 Å². The molecular formula is C20H25NO2S. The van der Waals surface area contributed by atoms with Crippen LogP contribution in [-0.2, 0) is 19.4 Å². The molecule has 0 fully saturated rings. The number of carboxylic acid groups (broad SMARTS) is 1. The Morgan fingerprint density at radius 1 is 1.38 bits per heavy atom. The fourth-order valence-corrected chi connectivity index (χ4v) is 5.17. The van der Waals surface area contributed by atoms with Gasteiger partial charge in [-0.15, -0.1) is 11.3 Å². The zero-order valence-corrected chi connectivity index (χ0v) is 15.6. The Labute approximate surface area is 147 Å². The van der Waals surface area contributed by atoms with Crippen molar-refractivity contribution in [2.45, 2.75) is 46.6 Å². The maximum Gasteiger partial charge on any atom is 0.337 e. The SMILES string of the molecule is CNCc1cccc(C)c1-c1sc2c(c1C(=O)O)CC(C)(C)CC2. The molecule has 128 valence electrons. The smallest absolute Gasteiger partial charge is 0.337 e. The minimum absolute atomic E-state index is 0.176. The fraction of sp³-hybridized carbons (Fsp3) is 0.450. The Bertz CT molecular complexity index is 789. The zero-order chi connectivity index (χ0) is 17.5. The van der Waals surface area contributed by atoms with E-state index in [2.05, 4.69) is 38.2 Å². The van der Waals surface area contributed by atoms with E-state index in [4.69, 9.17) is 0 Å². The number of nitrogens with one attached hydrogen (secondary N) is 1. The number of benzene rings is 1. The van der Waals surface area contributed by atoms with Gasteiger partial charge >= 0.3 is 5.97 Å². The minimum Gasteiger partial charge on any atom is -0.478 e. The van der Waals surface area contributed by atoms with E-state index in [-0.39, 0.29) is 5.41 Å². The van der Waals surface area contributed by atoms with Crippen LogP contribution >= 0.6 is 11.3 Å². The first-order chi connectivity index (χ1) is 11.3. The summed E-state index contributed by atoms with van der Waals surface area (Å²) >= 11 is 1.69. The molecule has 0 saturated carbocycles. The third kappa shape index (κ3) is 3.01. The van der Waals surface area contributed by atoms with Gasteiger partial charge in [0.25, 0.3) is 0 Å². The van der Waals surface area contributed by atoms with E-state index in [0.717, 1.165) is 52.9 Å². The van der Waals surface area contributed by atoms with E-state index in [1.165, 1.54) is 4.88 Å². The van der Waals surface area contributed by atoms with Crippen molar-refractivity contribution in [2.75, 3.05) is 7.05 Å². The van der Waals surface area contributed by atoms with E-state index < -0.39 is 5.97 Å². The van der Waals surface area contributed by atoms with E-state index in [1.807, 2.05) is 13.1 Å². The van der Waals surface area contributed by atoms with Crippen molar-refractivity contribution >= 4 is 17.3 Å². The molecule has 1 heterocycles. The molecule has 1 aromatic heterocycles. The molecule has 0 atom stereocenters. The number of carboxylic acids is 1. The molecule has 1 aliphatic rings. The second-order valence-electron chi connectivity index (χ2n) is 7.49. The van der Waals surface area contributed by atoms with Gasteiger partial charge in [0.1, 0.15) is 0 Å². The summed E-state index contributed by atoms with van der Waals surface area (Å²) in [5.74, 6) is -0.793. The highest BCUT2D eigenvalue weighted by Gasteiger charge is 2.33. The van der Waals surface area contributed by atoms with Crippen LogP contribution in [0.1, 0.15) is 52.2 Å². The number of carbonyl (C=O) groups is 1. The zero-order valence-electron chi connectivity index (χ0n) is 14.8. The van der Waals surface area contributed by atoms with Gasteiger partial charge in [0.15, 0.2) is 0 Å². The molecule has 0 amide bonds. The van der Waals surface area contributed by atoms with Crippen LogP contribution in [0, 0.1) is 12.3 Å². The quantitative estimate of drug-likeness (QED) is 0.849. The van der Waals surface area contributed by atoms with Crippen molar-refractivity contribution in [1.82, 2.24) is 5.32 Å². The monoisotopic (exact) mass is 343 g/mol. The Balaban J connectivity index is 2.24. The van der Waals surface area contributed by atoms with Gasteiger partial charge in [0.2, 0.25) is 0 Å². The van der Waals surface area contributed by atoms with Crippen LogP contribution < -0.4 is 5.32 Å². The lowest BCUT2D eigenvalue weighted by molar-refractivity contribution is 0.0696. The number of hydrogen-bond donors (Lipinski definition) is 2. The molecule has 3 nitrogen and oxygen atoms in total. The van der Waals surface area contributed by atoms with Crippen molar-refractivity contribution in [1.29, 1.82) is 0 Å². The van der Waals surface area contributed by atoms with Gasteiger partial charge in [0, 0.05) is 16.3 Å². The minimum atomic E-state index is -0.793. The van der Waals surface area contributed by atoms with Gasteiger partial charge in [-0.3, -0.25) is 0 Å². The van der Waals surface area contributed by atoms with Crippen molar-refractivity contribution in [3.63, 3.8) is 0 Å². The first-order valence-electron chi connectivity index (χ1n) is 8.45. The lowest BCUT2D eigenvalue weighted by atomic mass is 9.75. The van der Waals surface area contributed by atoms with Gasteiger partial charge in [-0.1, -0.05) is 32.0 Å². The molecule has 2 N–H and O–H groups in total. The third-order valence-corrected chi connectivity index (χ3v) is 6.25. The van der Waals surface area contributed by atoms with E-state index in [1.54, 1.807) is 11.3 Å². The highest BCUT2D eigenvalue weighted by Crippen LogP contribution is 2.46. The van der Waals surface area contributed by atoms with Gasteiger partial charge in [-0.2, -0.15) is 0 Å². The molecule has 3 rings (SSSR count). The largest absolute Gasteiger partial charge is 0.478 e. The van der Waals surface area contributed by atoms with Crippen molar-refractivity contribution in [3.05, 3.63) is 45.3 Å². The van der Waals surface area contributed by atoms with Crippen LogP contribution in [0.25, 0.3) is 10.4 Å². The number of fused-ring (bicyclic) bond motifs is 1. The summed E-state index contributed by atoms with van der Waals surface area (Å²) < 4.78 is 0. The second kappa shape index (κ2) is 6.34. The first kappa shape index (κ1) is 17.2. The Hall–Kier alpha value is -1.65. The average Bonchev–Trinajstić information content (AvgIpc) is 2.84. The summed E-state index contributed by atoms with van der Waals surface area (Å²) in [6.45, 7) is 7.28. The van der Waals surface area contributed by atoms with Crippen LogP contribution in [-0.4, -0.2) is 18.1 Å². The Morgan fingerprint density at radius 2 is 2.12 bits per heavy atom. The van der Waals surface area contributed by atoms with Gasteiger partial charge in [0.05, 0.1) is 5.56 Å². The molecule has 2 aromatic rings. The molecule has 0 bridgehead atoms. The summed E-state index contributed by atoms with van der Waals surface area (Å²) in [6, 6.07) is 6.21. The molecular weight excluding hydrogens is 318 g/mol. The molecule has 4 heteroatoms. The Morgan fingerprint density at radius 3 is 2.79 bits per heavy atom. The number of hydrogen-bond acceptors (Lipinski definition) is 3. The molecule has 0 spiro atoms. The molecule has 24 heavy (non-hydrogen) atoms. The summed E-state index contributed by atoms with van der Waals surface area (Å²) in [5, 5.41) is 13.1. The molecule has 0 unspecified atom stereocenters. The third-order valence-electron chi connectivity index (χ3n) is 4.94. The second-order valence-corrected chi connectivity index (χ2v) is 8.60. The standard InChI is InChI=1S/C20H25NO2S/c1-12-6-5-7-13(11-21-4)16(12)18-17(19(22)23)14-10-20(2,3)9-8-15(14)24-18/h5-7,21H,8-11H2,1-4H3,(H,22,23). The van der Waals surface area contributed by atoms with Crippen LogP contribution in [0.3, 0.4) is 0 Å². The molecule has 0 aliphatic heterocycles.